The van der Waals surface area contributed by atoms with Crippen LogP contribution in [0.1, 0.15) is 44.1 Å². The van der Waals surface area contributed by atoms with Crippen molar-refractivity contribution >= 4 is 11.6 Å². The Labute approximate surface area is 96.1 Å². The highest BCUT2D eigenvalue weighted by Crippen LogP contribution is 2.44. The van der Waals surface area contributed by atoms with Gasteiger partial charge >= 0.3 is 0 Å². The molecular formula is C13H17ClO. The van der Waals surface area contributed by atoms with Crippen LogP contribution in [0.4, 0.5) is 0 Å². The molecule has 0 heterocycles. The molecule has 1 nitrogen and oxygen atoms in total. The molecule has 0 spiro atoms. The van der Waals surface area contributed by atoms with Gasteiger partial charge in [0.25, 0.3) is 0 Å². The van der Waals surface area contributed by atoms with Crippen molar-refractivity contribution in [3.05, 3.63) is 28.8 Å². The van der Waals surface area contributed by atoms with Crippen molar-refractivity contribution < 1.29 is 5.11 Å². The number of benzene rings is 1. The first-order chi connectivity index (χ1) is 7.20. The molecule has 0 aromatic heterocycles. The van der Waals surface area contributed by atoms with E-state index in [1.54, 1.807) is 6.07 Å². The predicted octanol–water partition coefficient (Wildman–Crippen LogP) is 4.34. The average Bonchev–Trinajstić information content (AvgIpc) is 2.16. The Bertz CT molecular complexity index is 342. The second-order valence-electron chi connectivity index (χ2n) is 4.53. The van der Waals surface area contributed by atoms with Gasteiger partial charge in [0.05, 0.1) is 5.02 Å². The minimum atomic E-state index is 0.185. The summed E-state index contributed by atoms with van der Waals surface area (Å²) >= 11 is 5.89. The topological polar surface area (TPSA) is 20.2 Å². The quantitative estimate of drug-likeness (QED) is 0.810. The van der Waals surface area contributed by atoms with Crippen LogP contribution in [0.25, 0.3) is 0 Å². The Hall–Kier alpha value is -0.690. The summed E-state index contributed by atoms with van der Waals surface area (Å²) in [7, 11) is 0. The minimum absolute atomic E-state index is 0.185. The zero-order valence-electron chi connectivity index (χ0n) is 9.04. The van der Waals surface area contributed by atoms with Crippen molar-refractivity contribution in [2.75, 3.05) is 0 Å². The van der Waals surface area contributed by atoms with Gasteiger partial charge in [0, 0.05) is 0 Å². The van der Waals surface area contributed by atoms with Crippen molar-refractivity contribution in [3.63, 3.8) is 0 Å². The molecule has 0 bridgehead atoms. The molecule has 0 amide bonds. The smallest absolute Gasteiger partial charge is 0.134 e. The first-order valence-electron chi connectivity index (χ1n) is 5.69. The maximum atomic E-state index is 9.32. The number of hydrogen-bond donors (Lipinski definition) is 1. The maximum absolute atomic E-state index is 9.32. The Morgan fingerprint density at radius 3 is 2.73 bits per heavy atom. The molecule has 1 aliphatic carbocycles. The van der Waals surface area contributed by atoms with Gasteiger partial charge in [-0.2, -0.15) is 0 Å². The van der Waals surface area contributed by atoms with Crippen molar-refractivity contribution in [1.29, 1.82) is 0 Å². The van der Waals surface area contributed by atoms with Crippen molar-refractivity contribution in [1.82, 2.24) is 0 Å². The van der Waals surface area contributed by atoms with E-state index in [0.29, 0.717) is 10.9 Å². The fourth-order valence-electron chi connectivity index (χ4n) is 2.43. The Morgan fingerprint density at radius 1 is 1.40 bits per heavy atom. The molecule has 2 heteroatoms. The first kappa shape index (κ1) is 10.8. The molecule has 1 aromatic carbocycles. The van der Waals surface area contributed by atoms with Gasteiger partial charge in [0.1, 0.15) is 5.75 Å². The number of aromatic hydroxyl groups is 1. The summed E-state index contributed by atoms with van der Waals surface area (Å²) in [5.41, 5.74) is 1.28. The van der Waals surface area contributed by atoms with Gasteiger partial charge in [-0.15, -0.1) is 0 Å². The molecule has 2 rings (SSSR count). The van der Waals surface area contributed by atoms with Gasteiger partial charge in [0.2, 0.25) is 0 Å². The summed E-state index contributed by atoms with van der Waals surface area (Å²) in [6.07, 6.45) is 5.21. The average molecular weight is 225 g/mol. The monoisotopic (exact) mass is 224 g/mol. The number of phenolic OH excluding ortho intramolecular Hbond substituents is 1. The zero-order chi connectivity index (χ0) is 10.8. The molecular weight excluding hydrogens is 208 g/mol. The predicted molar refractivity (Wildman–Crippen MR) is 63.5 cm³/mol. The van der Waals surface area contributed by atoms with Crippen LogP contribution >= 0.6 is 11.6 Å². The summed E-state index contributed by atoms with van der Waals surface area (Å²) in [4.78, 5) is 0. The zero-order valence-corrected chi connectivity index (χ0v) is 9.80. The lowest BCUT2D eigenvalue weighted by atomic mass is 9.70. The highest BCUT2D eigenvalue weighted by atomic mass is 35.5. The fraction of sp³-hybridized carbons (Fsp3) is 0.538. The highest BCUT2D eigenvalue weighted by molar-refractivity contribution is 6.32. The molecule has 82 valence electrons. The van der Waals surface area contributed by atoms with E-state index in [0.717, 1.165) is 5.92 Å². The summed E-state index contributed by atoms with van der Waals surface area (Å²) < 4.78 is 0. The molecule has 1 saturated carbocycles. The van der Waals surface area contributed by atoms with Crippen LogP contribution in [0.5, 0.6) is 5.75 Å². The van der Waals surface area contributed by atoms with Crippen LogP contribution in [0, 0.1) is 5.92 Å². The van der Waals surface area contributed by atoms with Crippen LogP contribution in [-0.4, -0.2) is 5.11 Å². The number of hydrogen-bond acceptors (Lipinski definition) is 1. The van der Waals surface area contributed by atoms with E-state index in [9.17, 15) is 5.11 Å². The number of rotatable bonds is 3. The summed E-state index contributed by atoms with van der Waals surface area (Å²) in [6, 6.07) is 5.60. The molecule has 1 aliphatic rings. The Balaban J connectivity index is 1.98. The van der Waals surface area contributed by atoms with Gasteiger partial charge in [0.15, 0.2) is 0 Å². The van der Waals surface area contributed by atoms with Crippen LogP contribution in [-0.2, 0) is 0 Å². The third kappa shape index (κ3) is 2.28. The van der Waals surface area contributed by atoms with E-state index in [2.05, 4.69) is 6.92 Å². The van der Waals surface area contributed by atoms with E-state index in [1.807, 2.05) is 12.1 Å². The largest absolute Gasteiger partial charge is 0.506 e. The lowest BCUT2D eigenvalue weighted by molar-refractivity contribution is 0.246. The van der Waals surface area contributed by atoms with Gasteiger partial charge in [-0.05, 0) is 42.4 Å². The molecule has 0 radical (unpaired) electrons. The van der Waals surface area contributed by atoms with Crippen molar-refractivity contribution in [2.24, 2.45) is 5.92 Å². The minimum Gasteiger partial charge on any atom is -0.506 e. The Morgan fingerprint density at radius 2 is 2.13 bits per heavy atom. The Kier molecular flexibility index (Phi) is 3.20. The maximum Gasteiger partial charge on any atom is 0.134 e. The van der Waals surface area contributed by atoms with Gasteiger partial charge in [-0.3, -0.25) is 0 Å². The van der Waals surface area contributed by atoms with Crippen LogP contribution in [0.15, 0.2) is 18.2 Å². The normalized spacial score (nSPS) is 24.9. The van der Waals surface area contributed by atoms with Crippen molar-refractivity contribution in [3.8, 4) is 5.75 Å². The van der Waals surface area contributed by atoms with E-state index < -0.39 is 0 Å². The lowest BCUT2D eigenvalue weighted by Gasteiger charge is -2.35. The standard InChI is InChI=1S/C13H17ClO/c1-2-3-9-6-11(7-9)10-4-5-13(15)12(14)8-10/h4-5,8-9,11,15H,2-3,6-7H2,1H3. The van der Waals surface area contributed by atoms with Crippen LogP contribution in [0.2, 0.25) is 5.02 Å². The van der Waals surface area contributed by atoms with Gasteiger partial charge < -0.3 is 5.11 Å². The molecule has 1 N–H and O–H groups in total. The molecule has 0 saturated heterocycles. The first-order valence-corrected chi connectivity index (χ1v) is 6.07. The van der Waals surface area contributed by atoms with E-state index >= 15 is 0 Å². The fourth-order valence-corrected chi connectivity index (χ4v) is 2.62. The molecule has 15 heavy (non-hydrogen) atoms. The second kappa shape index (κ2) is 4.44. The van der Waals surface area contributed by atoms with Gasteiger partial charge in [-0.25, -0.2) is 0 Å². The highest BCUT2D eigenvalue weighted by Gasteiger charge is 2.29. The van der Waals surface area contributed by atoms with Crippen molar-refractivity contribution in [2.45, 2.75) is 38.5 Å². The third-order valence-corrected chi connectivity index (χ3v) is 3.68. The van der Waals surface area contributed by atoms with E-state index in [-0.39, 0.29) is 5.75 Å². The second-order valence-corrected chi connectivity index (χ2v) is 4.94. The molecule has 1 aromatic rings. The van der Waals surface area contributed by atoms with Gasteiger partial charge in [-0.1, -0.05) is 37.4 Å². The van der Waals surface area contributed by atoms with Crippen LogP contribution in [0.3, 0.4) is 0 Å². The summed E-state index contributed by atoms with van der Waals surface area (Å²) in [5, 5.41) is 9.80. The SMILES string of the molecule is CCCC1CC(c2ccc(O)c(Cl)c2)C1. The molecule has 1 fully saturated rings. The summed E-state index contributed by atoms with van der Waals surface area (Å²) in [5.74, 6) is 1.76. The summed E-state index contributed by atoms with van der Waals surface area (Å²) in [6.45, 7) is 2.24. The lowest BCUT2D eigenvalue weighted by Crippen LogP contribution is -2.21. The molecule has 0 unspecified atom stereocenters. The number of halogens is 1. The van der Waals surface area contributed by atoms with E-state index in [1.165, 1.54) is 31.2 Å². The molecule has 0 atom stereocenters. The van der Waals surface area contributed by atoms with Crippen LogP contribution < -0.4 is 0 Å². The third-order valence-electron chi connectivity index (χ3n) is 3.38. The molecule has 0 aliphatic heterocycles. The van der Waals surface area contributed by atoms with E-state index in [4.69, 9.17) is 11.6 Å². The number of phenols is 1.